The summed E-state index contributed by atoms with van der Waals surface area (Å²) in [5, 5.41) is 4.09. The van der Waals surface area contributed by atoms with E-state index in [9.17, 15) is 13.2 Å². The topological polar surface area (TPSA) is 69.9 Å². The quantitative estimate of drug-likeness (QED) is 0.389. The smallest absolute Gasteiger partial charge is 0.416 e. The monoisotopic (exact) mass is 493 g/mol. The largest absolute Gasteiger partial charge is 0.492 e. The van der Waals surface area contributed by atoms with Crippen LogP contribution in [0.3, 0.4) is 0 Å². The highest BCUT2D eigenvalue weighted by Gasteiger charge is 2.50. The van der Waals surface area contributed by atoms with Gasteiger partial charge in [0.25, 0.3) is 5.89 Å². The van der Waals surface area contributed by atoms with E-state index in [2.05, 4.69) is 21.1 Å². The van der Waals surface area contributed by atoms with E-state index < -0.39 is 17.2 Å². The molecule has 0 radical (unpaired) electrons. The molecule has 1 unspecified atom stereocenters. The zero-order valence-corrected chi connectivity index (χ0v) is 18.7. The summed E-state index contributed by atoms with van der Waals surface area (Å²) in [5.74, 6) is 2.76. The molecule has 0 fully saturated rings. The van der Waals surface area contributed by atoms with Gasteiger partial charge in [-0.15, -0.1) is 0 Å². The lowest BCUT2D eigenvalue weighted by Crippen LogP contribution is -2.36. The van der Waals surface area contributed by atoms with Crippen molar-refractivity contribution in [3.63, 3.8) is 0 Å². The number of ether oxygens (including phenoxy) is 3. The fourth-order valence-corrected chi connectivity index (χ4v) is 5.25. The second-order valence-electron chi connectivity index (χ2n) is 9.04. The molecule has 4 heterocycles. The van der Waals surface area contributed by atoms with Crippen LogP contribution < -0.4 is 19.1 Å². The Bertz CT molecular complexity index is 1480. The molecule has 7 rings (SSSR count). The molecular formula is C26H18F3N3O4. The van der Waals surface area contributed by atoms with Crippen LogP contribution in [0.15, 0.2) is 65.2 Å². The maximum atomic E-state index is 12.9. The third-order valence-corrected chi connectivity index (χ3v) is 6.95. The average Bonchev–Trinajstić information content (AvgIpc) is 3.66. The first-order valence-corrected chi connectivity index (χ1v) is 11.3. The summed E-state index contributed by atoms with van der Waals surface area (Å²) >= 11 is 0. The number of halogens is 3. The lowest BCUT2D eigenvalue weighted by molar-refractivity contribution is -0.137. The number of rotatable bonds is 3. The van der Waals surface area contributed by atoms with E-state index in [0.717, 1.165) is 34.7 Å². The maximum absolute atomic E-state index is 12.9. The molecule has 3 aliphatic heterocycles. The van der Waals surface area contributed by atoms with Gasteiger partial charge in [-0.2, -0.15) is 18.2 Å². The van der Waals surface area contributed by atoms with Gasteiger partial charge in [0, 0.05) is 29.4 Å². The van der Waals surface area contributed by atoms with Gasteiger partial charge in [-0.1, -0.05) is 23.4 Å². The molecular weight excluding hydrogens is 475 g/mol. The molecule has 0 amide bonds. The SMILES string of the molecule is FC(F)(F)c1ccc(-c2nc(CN3CC4(COc5cc6c(cc54)OCO6)c4ccccc43)no2)cc1. The highest BCUT2D eigenvalue weighted by atomic mass is 19.4. The fraction of sp³-hybridized carbons (Fsp3) is 0.231. The molecule has 3 aliphatic rings. The molecule has 0 saturated carbocycles. The van der Waals surface area contributed by atoms with Crippen LogP contribution in [-0.2, 0) is 18.1 Å². The van der Waals surface area contributed by atoms with Crippen LogP contribution in [0.4, 0.5) is 18.9 Å². The minimum absolute atomic E-state index is 0.170. The van der Waals surface area contributed by atoms with E-state index in [-0.39, 0.29) is 12.7 Å². The first-order valence-electron chi connectivity index (χ1n) is 11.3. The number of hydrogen-bond donors (Lipinski definition) is 0. The highest BCUT2D eigenvalue weighted by molar-refractivity contribution is 5.70. The summed E-state index contributed by atoms with van der Waals surface area (Å²) in [6, 6.07) is 16.7. The second kappa shape index (κ2) is 7.39. The number of nitrogens with zero attached hydrogens (tertiary/aromatic N) is 3. The van der Waals surface area contributed by atoms with E-state index in [1.165, 1.54) is 12.1 Å². The molecule has 3 aromatic carbocycles. The van der Waals surface area contributed by atoms with Crippen LogP contribution in [0.5, 0.6) is 17.2 Å². The van der Waals surface area contributed by atoms with E-state index in [1.807, 2.05) is 30.3 Å². The number of benzene rings is 3. The van der Waals surface area contributed by atoms with Crippen LogP contribution in [0.1, 0.15) is 22.5 Å². The lowest BCUT2D eigenvalue weighted by Gasteiger charge is -2.24. The third kappa shape index (κ3) is 3.13. The predicted molar refractivity (Wildman–Crippen MR) is 121 cm³/mol. The molecule has 1 aromatic heterocycles. The molecule has 4 aromatic rings. The van der Waals surface area contributed by atoms with Gasteiger partial charge in [-0.3, -0.25) is 0 Å². The van der Waals surface area contributed by atoms with Crippen molar-refractivity contribution >= 4 is 5.69 Å². The number of fused-ring (bicyclic) bond motifs is 5. The van der Waals surface area contributed by atoms with Gasteiger partial charge in [0.15, 0.2) is 17.3 Å². The van der Waals surface area contributed by atoms with Crippen molar-refractivity contribution in [3.05, 3.63) is 83.2 Å². The van der Waals surface area contributed by atoms with Crippen molar-refractivity contribution in [1.29, 1.82) is 0 Å². The predicted octanol–water partition coefficient (Wildman–Crippen LogP) is 5.18. The summed E-state index contributed by atoms with van der Waals surface area (Å²) in [7, 11) is 0. The van der Waals surface area contributed by atoms with Gasteiger partial charge in [-0.25, -0.2) is 0 Å². The van der Waals surface area contributed by atoms with Gasteiger partial charge < -0.3 is 23.6 Å². The molecule has 1 atom stereocenters. The van der Waals surface area contributed by atoms with Crippen molar-refractivity contribution in [2.24, 2.45) is 0 Å². The summed E-state index contributed by atoms with van der Waals surface area (Å²) in [5.41, 5.74) is 2.51. The van der Waals surface area contributed by atoms with Crippen LogP contribution in [0.2, 0.25) is 0 Å². The maximum Gasteiger partial charge on any atom is 0.416 e. The molecule has 0 aliphatic carbocycles. The fourth-order valence-electron chi connectivity index (χ4n) is 5.25. The first-order chi connectivity index (χ1) is 17.4. The Balaban J connectivity index is 1.19. The zero-order chi connectivity index (χ0) is 24.5. The van der Waals surface area contributed by atoms with Crippen LogP contribution in [0.25, 0.3) is 11.5 Å². The Morgan fingerprint density at radius 2 is 1.67 bits per heavy atom. The number of alkyl halides is 3. The van der Waals surface area contributed by atoms with E-state index >= 15 is 0 Å². The molecule has 0 N–H and O–H groups in total. The standard InChI is InChI=1S/C26H18F3N3O4/c27-26(28,29)16-7-5-15(6-8-16)24-30-23(31-36-24)11-32-12-25(17-3-1-2-4-19(17)32)13-33-20-10-22-21(9-18(20)25)34-14-35-22/h1-10H,11-14H2. The minimum atomic E-state index is -4.40. The normalized spacial score (nSPS) is 19.5. The Kier molecular flexibility index (Phi) is 4.33. The summed E-state index contributed by atoms with van der Waals surface area (Å²) < 4.78 is 61.3. The van der Waals surface area contributed by atoms with Crippen molar-refractivity contribution < 1.29 is 31.9 Å². The Hall–Kier alpha value is -4.21. The molecule has 36 heavy (non-hydrogen) atoms. The molecule has 1 spiro atoms. The van der Waals surface area contributed by atoms with Crippen LogP contribution in [0, 0.1) is 0 Å². The number of para-hydroxylation sites is 1. The third-order valence-electron chi connectivity index (χ3n) is 6.95. The van der Waals surface area contributed by atoms with Crippen LogP contribution in [-0.4, -0.2) is 30.1 Å². The number of hydrogen-bond acceptors (Lipinski definition) is 7. The summed E-state index contributed by atoms with van der Waals surface area (Å²) in [6.07, 6.45) is -4.40. The van der Waals surface area contributed by atoms with Crippen molar-refractivity contribution in [2.75, 3.05) is 24.8 Å². The van der Waals surface area contributed by atoms with Gasteiger partial charge in [0.05, 0.1) is 17.5 Å². The van der Waals surface area contributed by atoms with E-state index in [1.54, 1.807) is 0 Å². The molecule has 0 saturated heterocycles. The number of aromatic nitrogens is 2. The van der Waals surface area contributed by atoms with Gasteiger partial charge >= 0.3 is 6.18 Å². The Labute approximate surface area is 203 Å². The highest BCUT2D eigenvalue weighted by Crippen LogP contribution is 2.54. The van der Waals surface area contributed by atoms with Crippen molar-refractivity contribution in [2.45, 2.75) is 18.1 Å². The lowest BCUT2D eigenvalue weighted by atomic mass is 9.77. The van der Waals surface area contributed by atoms with Gasteiger partial charge in [-0.05, 0) is 42.0 Å². The zero-order valence-electron chi connectivity index (χ0n) is 18.7. The van der Waals surface area contributed by atoms with Crippen molar-refractivity contribution in [3.8, 4) is 28.7 Å². The van der Waals surface area contributed by atoms with E-state index in [4.69, 9.17) is 18.7 Å². The minimum Gasteiger partial charge on any atom is -0.492 e. The van der Waals surface area contributed by atoms with Crippen molar-refractivity contribution in [1.82, 2.24) is 10.1 Å². The van der Waals surface area contributed by atoms with Crippen LogP contribution >= 0.6 is 0 Å². The summed E-state index contributed by atoms with van der Waals surface area (Å²) in [6.45, 7) is 1.65. The molecule has 10 heteroatoms. The molecule has 7 nitrogen and oxygen atoms in total. The summed E-state index contributed by atoms with van der Waals surface area (Å²) in [4.78, 5) is 6.61. The van der Waals surface area contributed by atoms with Gasteiger partial charge in [0.2, 0.25) is 6.79 Å². The Morgan fingerprint density at radius 3 is 2.47 bits per heavy atom. The Morgan fingerprint density at radius 1 is 0.889 bits per heavy atom. The molecule has 0 bridgehead atoms. The van der Waals surface area contributed by atoms with Gasteiger partial charge in [0.1, 0.15) is 12.4 Å². The second-order valence-corrected chi connectivity index (χ2v) is 9.04. The molecule has 182 valence electrons. The number of anilines is 1. The van der Waals surface area contributed by atoms with E-state index in [0.29, 0.717) is 42.6 Å². The average molecular weight is 493 g/mol. The first kappa shape index (κ1) is 21.1.